The van der Waals surface area contributed by atoms with Crippen LogP contribution >= 0.6 is 31.9 Å². The Bertz CT molecular complexity index is 41.9. The van der Waals surface area contributed by atoms with Gasteiger partial charge < -0.3 is 9.84 Å². The van der Waals surface area contributed by atoms with E-state index in [4.69, 9.17) is 5.11 Å². The van der Waals surface area contributed by atoms with Crippen molar-refractivity contribution in [1.29, 1.82) is 0 Å². The van der Waals surface area contributed by atoms with Gasteiger partial charge in [0.15, 0.2) is 6.29 Å². The molecule has 1 atom stereocenters. The fourth-order valence-corrected chi connectivity index (χ4v) is 0.609. The van der Waals surface area contributed by atoms with Crippen molar-refractivity contribution >= 4 is 31.9 Å². The van der Waals surface area contributed by atoms with E-state index in [1.807, 2.05) is 0 Å². The first-order valence-corrected chi connectivity index (χ1v) is 3.97. The van der Waals surface area contributed by atoms with Crippen molar-refractivity contribution in [2.45, 2.75) is 6.29 Å². The lowest BCUT2D eigenvalue weighted by molar-refractivity contribution is -0.0593. The summed E-state index contributed by atoms with van der Waals surface area (Å²) < 4.78 is 4.62. The van der Waals surface area contributed by atoms with E-state index in [2.05, 4.69) is 36.6 Å². The van der Waals surface area contributed by atoms with Crippen LogP contribution in [0.3, 0.4) is 0 Å². The van der Waals surface area contributed by atoms with E-state index in [0.29, 0.717) is 10.8 Å². The first kappa shape index (κ1) is 7.88. The smallest absolute Gasteiger partial charge is 0.165 e. The minimum atomic E-state index is -0.681. The molecule has 1 N–H and O–H groups in total. The Balaban J connectivity index is 2.83. The molecule has 4 heteroatoms. The van der Waals surface area contributed by atoms with E-state index in [9.17, 15) is 0 Å². The van der Waals surface area contributed by atoms with Crippen molar-refractivity contribution in [3.8, 4) is 0 Å². The molecule has 0 bridgehead atoms. The molecule has 0 saturated carbocycles. The van der Waals surface area contributed by atoms with Crippen molar-refractivity contribution in [2.24, 2.45) is 0 Å². The van der Waals surface area contributed by atoms with Crippen LogP contribution in [-0.4, -0.2) is 22.2 Å². The molecule has 0 aliphatic heterocycles. The molecule has 0 fully saturated rings. The summed E-state index contributed by atoms with van der Waals surface area (Å²) in [5, 5.41) is 9.02. The predicted octanol–water partition coefficient (Wildman–Crippen LogP) is 1.07. The van der Waals surface area contributed by atoms with Gasteiger partial charge in [-0.2, -0.15) is 0 Å². The summed E-state index contributed by atoms with van der Waals surface area (Å²) in [5.41, 5.74) is 0.375. The second-order valence-electron chi connectivity index (χ2n) is 0.885. The monoisotopic (exact) mass is 232 g/mol. The number of rotatable bonds is 3. The summed E-state index contributed by atoms with van der Waals surface area (Å²) in [5.74, 6) is 0. The van der Waals surface area contributed by atoms with Gasteiger partial charge in [0, 0.05) is 0 Å². The second-order valence-corrected chi connectivity index (χ2v) is 1.99. The van der Waals surface area contributed by atoms with Crippen LogP contribution in [0.1, 0.15) is 0 Å². The van der Waals surface area contributed by atoms with Crippen molar-refractivity contribution < 1.29 is 9.84 Å². The molecule has 0 aromatic carbocycles. The predicted molar refractivity (Wildman–Crippen MR) is 34.7 cm³/mol. The minimum absolute atomic E-state index is 0.375. The Morgan fingerprint density at radius 3 is 2.29 bits per heavy atom. The molecule has 0 radical (unpaired) electrons. The van der Waals surface area contributed by atoms with Gasteiger partial charge in [-0.05, 0) is 0 Å². The first-order chi connectivity index (χ1) is 3.31. The standard InChI is InChI=1S/C3H6Br2O2/c4-1-3(6)7-2-5/h3,6H,1-2H2. The van der Waals surface area contributed by atoms with Crippen LogP contribution in [0.5, 0.6) is 0 Å². The van der Waals surface area contributed by atoms with E-state index in [-0.39, 0.29) is 0 Å². The van der Waals surface area contributed by atoms with Gasteiger partial charge in [0.2, 0.25) is 0 Å². The zero-order valence-electron chi connectivity index (χ0n) is 3.60. The second kappa shape index (κ2) is 5.03. The van der Waals surface area contributed by atoms with Gasteiger partial charge >= 0.3 is 0 Å². The lowest BCUT2D eigenvalue weighted by Gasteiger charge is -2.02. The van der Waals surface area contributed by atoms with Crippen LogP contribution in [-0.2, 0) is 4.74 Å². The van der Waals surface area contributed by atoms with Gasteiger partial charge in [-0.3, -0.25) is 0 Å². The normalized spacial score (nSPS) is 14.1. The van der Waals surface area contributed by atoms with Crippen molar-refractivity contribution in [3.63, 3.8) is 0 Å². The van der Waals surface area contributed by atoms with E-state index < -0.39 is 6.29 Å². The molecule has 0 heterocycles. The van der Waals surface area contributed by atoms with Crippen molar-refractivity contribution in [1.82, 2.24) is 0 Å². The molecular weight excluding hydrogens is 228 g/mol. The first-order valence-electron chi connectivity index (χ1n) is 1.73. The molecule has 0 rings (SSSR count). The van der Waals surface area contributed by atoms with E-state index in [0.717, 1.165) is 0 Å². The third-order valence-electron chi connectivity index (χ3n) is 0.387. The highest BCUT2D eigenvalue weighted by Gasteiger charge is 1.95. The minimum Gasteiger partial charge on any atom is -0.367 e. The van der Waals surface area contributed by atoms with Gasteiger partial charge in [-0.15, -0.1) is 0 Å². The molecule has 0 aromatic rings. The maximum absolute atomic E-state index is 8.56. The number of hydrogen-bond acceptors (Lipinski definition) is 2. The number of halogens is 2. The van der Waals surface area contributed by atoms with Gasteiger partial charge in [-0.25, -0.2) is 0 Å². The van der Waals surface area contributed by atoms with Gasteiger partial charge in [0.05, 0.1) is 5.33 Å². The number of hydrogen-bond donors (Lipinski definition) is 1. The molecule has 0 aliphatic rings. The van der Waals surface area contributed by atoms with Gasteiger partial charge in [0.25, 0.3) is 0 Å². The topological polar surface area (TPSA) is 29.5 Å². The van der Waals surface area contributed by atoms with Crippen molar-refractivity contribution in [3.05, 3.63) is 0 Å². The maximum Gasteiger partial charge on any atom is 0.165 e. The quantitative estimate of drug-likeness (QED) is 0.584. The zero-order valence-corrected chi connectivity index (χ0v) is 6.77. The average molecular weight is 234 g/mol. The van der Waals surface area contributed by atoms with E-state index in [1.54, 1.807) is 0 Å². The molecule has 0 saturated heterocycles. The maximum atomic E-state index is 8.56. The van der Waals surface area contributed by atoms with E-state index >= 15 is 0 Å². The molecule has 7 heavy (non-hydrogen) atoms. The van der Waals surface area contributed by atoms with Crippen molar-refractivity contribution in [2.75, 3.05) is 10.8 Å². The highest BCUT2D eigenvalue weighted by atomic mass is 79.9. The third kappa shape index (κ3) is 4.74. The summed E-state index contributed by atoms with van der Waals surface area (Å²) >= 11 is 6.01. The van der Waals surface area contributed by atoms with Crippen LogP contribution in [0.2, 0.25) is 0 Å². The average Bonchev–Trinajstić information content (AvgIpc) is 1.68. The van der Waals surface area contributed by atoms with Gasteiger partial charge in [0.1, 0.15) is 5.52 Å². The zero-order chi connectivity index (χ0) is 5.70. The largest absolute Gasteiger partial charge is 0.367 e. The highest BCUT2D eigenvalue weighted by Crippen LogP contribution is 1.93. The molecule has 2 nitrogen and oxygen atoms in total. The number of alkyl halides is 2. The number of ether oxygens (including phenoxy) is 1. The molecule has 0 spiro atoms. The molecule has 0 aliphatic carbocycles. The third-order valence-corrected chi connectivity index (χ3v) is 1.21. The SMILES string of the molecule is OC(CBr)OCBr. The lowest BCUT2D eigenvalue weighted by Crippen LogP contribution is -2.11. The highest BCUT2D eigenvalue weighted by molar-refractivity contribution is 9.09. The van der Waals surface area contributed by atoms with E-state index in [1.165, 1.54) is 0 Å². The molecule has 0 amide bonds. The van der Waals surface area contributed by atoms with Crippen LogP contribution in [0.15, 0.2) is 0 Å². The Labute approximate surface area is 59.1 Å². The summed E-state index contributed by atoms with van der Waals surface area (Å²) in [6.45, 7) is 0. The summed E-state index contributed by atoms with van der Waals surface area (Å²) in [4.78, 5) is 0. The summed E-state index contributed by atoms with van der Waals surface area (Å²) in [6.07, 6.45) is -0.681. The molecular formula is C3H6Br2O2. The lowest BCUT2D eigenvalue weighted by atomic mass is 10.8. The van der Waals surface area contributed by atoms with Gasteiger partial charge in [-0.1, -0.05) is 31.9 Å². The molecule has 1 unspecified atom stereocenters. The summed E-state index contributed by atoms with van der Waals surface area (Å²) in [6, 6.07) is 0. The Morgan fingerprint density at radius 2 is 2.14 bits per heavy atom. The molecule has 0 aromatic heterocycles. The Kier molecular flexibility index (Phi) is 5.66. The Morgan fingerprint density at radius 1 is 1.57 bits per heavy atom. The number of aliphatic hydroxyl groups is 1. The molecule has 44 valence electrons. The number of aliphatic hydroxyl groups excluding tert-OH is 1. The fourth-order valence-electron chi connectivity index (χ4n) is 0.117. The van der Waals surface area contributed by atoms with Crippen LogP contribution in [0, 0.1) is 0 Å². The Hall–Kier alpha value is 0.880. The van der Waals surface area contributed by atoms with Crippen LogP contribution in [0.4, 0.5) is 0 Å². The van der Waals surface area contributed by atoms with Crippen LogP contribution < -0.4 is 0 Å². The fraction of sp³-hybridized carbons (Fsp3) is 1.00. The summed E-state index contributed by atoms with van der Waals surface area (Å²) in [7, 11) is 0. The van der Waals surface area contributed by atoms with Crippen LogP contribution in [0.25, 0.3) is 0 Å².